The van der Waals surface area contributed by atoms with Crippen molar-refractivity contribution >= 4 is 10.9 Å². The monoisotopic (exact) mass is 281 g/mol. The van der Waals surface area contributed by atoms with Crippen LogP contribution in [0.4, 0.5) is 0 Å². The van der Waals surface area contributed by atoms with Crippen LogP contribution >= 0.6 is 0 Å². The fourth-order valence-electron chi connectivity index (χ4n) is 2.47. The van der Waals surface area contributed by atoms with Crippen molar-refractivity contribution in [1.29, 1.82) is 0 Å². The van der Waals surface area contributed by atoms with Crippen LogP contribution in [0.25, 0.3) is 10.9 Å². The second kappa shape index (κ2) is 5.92. The zero-order valence-corrected chi connectivity index (χ0v) is 12.3. The van der Waals surface area contributed by atoms with Crippen molar-refractivity contribution in [3.8, 4) is 11.5 Å². The molecule has 1 heterocycles. The third kappa shape index (κ3) is 2.87. The van der Waals surface area contributed by atoms with Crippen LogP contribution in [0.2, 0.25) is 0 Å². The molecule has 0 unspecified atom stereocenters. The molecule has 0 radical (unpaired) electrons. The highest BCUT2D eigenvalue weighted by molar-refractivity contribution is 5.84. The number of aromatic amines is 1. The lowest BCUT2D eigenvalue weighted by molar-refractivity contribution is 0.305. The molecule has 0 aliphatic heterocycles. The topological polar surface area (TPSA) is 34.2 Å². The fraction of sp³-hybridized carbons (Fsp3) is 0.222. The summed E-state index contributed by atoms with van der Waals surface area (Å²) in [5, 5.41) is 1.24. The van der Waals surface area contributed by atoms with Gasteiger partial charge in [0.2, 0.25) is 0 Å². The Hall–Kier alpha value is -2.42. The quantitative estimate of drug-likeness (QED) is 0.755. The van der Waals surface area contributed by atoms with Gasteiger partial charge >= 0.3 is 0 Å². The maximum absolute atomic E-state index is 5.90. The SMILES string of the molecule is CCc1c[nH]c2ccc(OCc3cccc(OC)c3)cc12. The van der Waals surface area contributed by atoms with E-state index in [1.807, 2.05) is 30.3 Å². The molecule has 3 aromatic rings. The summed E-state index contributed by atoms with van der Waals surface area (Å²) in [6, 6.07) is 14.1. The van der Waals surface area contributed by atoms with E-state index in [1.54, 1.807) is 7.11 Å². The summed E-state index contributed by atoms with van der Waals surface area (Å²) in [6.45, 7) is 2.70. The number of H-pyrrole nitrogens is 1. The highest BCUT2D eigenvalue weighted by Crippen LogP contribution is 2.25. The highest BCUT2D eigenvalue weighted by Gasteiger charge is 2.04. The van der Waals surface area contributed by atoms with E-state index in [2.05, 4.69) is 30.2 Å². The summed E-state index contributed by atoms with van der Waals surface area (Å²) in [5.74, 6) is 1.74. The number of methoxy groups -OCH3 is 1. The van der Waals surface area contributed by atoms with Gasteiger partial charge in [-0.1, -0.05) is 19.1 Å². The maximum atomic E-state index is 5.90. The molecule has 0 amide bonds. The number of ether oxygens (including phenoxy) is 2. The van der Waals surface area contributed by atoms with Crippen LogP contribution in [0.1, 0.15) is 18.1 Å². The third-order valence-corrected chi connectivity index (χ3v) is 3.66. The van der Waals surface area contributed by atoms with E-state index in [0.29, 0.717) is 6.61 Å². The van der Waals surface area contributed by atoms with Crippen molar-refractivity contribution in [2.75, 3.05) is 7.11 Å². The summed E-state index contributed by atoms with van der Waals surface area (Å²) in [6.07, 6.45) is 3.08. The van der Waals surface area contributed by atoms with Crippen LogP contribution in [0.5, 0.6) is 11.5 Å². The lowest BCUT2D eigenvalue weighted by Crippen LogP contribution is -1.96. The van der Waals surface area contributed by atoms with Gasteiger partial charge in [0.1, 0.15) is 18.1 Å². The first-order valence-corrected chi connectivity index (χ1v) is 7.16. The van der Waals surface area contributed by atoms with Crippen LogP contribution < -0.4 is 9.47 Å². The number of nitrogens with one attached hydrogen (secondary N) is 1. The predicted octanol–water partition coefficient (Wildman–Crippen LogP) is 4.32. The molecule has 0 atom stereocenters. The van der Waals surface area contributed by atoms with Gasteiger partial charge in [0.15, 0.2) is 0 Å². The Kier molecular flexibility index (Phi) is 3.82. The Morgan fingerprint density at radius 2 is 1.95 bits per heavy atom. The predicted molar refractivity (Wildman–Crippen MR) is 85.0 cm³/mol. The minimum absolute atomic E-state index is 0.536. The van der Waals surface area contributed by atoms with Gasteiger partial charge in [0.05, 0.1) is 7.11 Å². The molecule has 21 heavy (non-hydrogen) atoms. The van der Waals surface area contributed by atoms with E-state index in [4.69, 9.17) is 9.47 Å². The Balaban J connectivity index is 1.78. The van der Waals surface area contributed by atoms with Crippen LogP contribution in [-0.4, -0.2) is 12.1 Å². The van der Waals surface area contributed by atoms with E-state index in [-0.39, 0.29) is 0 Å². The molecule has 0 saturated carbocycles. The standard InChI is InChI=1S/C18H19NO2/c1-3-14-11-19-18-8-7-16(10-17(14)18)21-12-13-5-4-6-15(9-13)20-2/h4-11,19H,3,12H2,1-2H3. The first-order valence-electron chi connectivity index (χ1n) is 7.16. The smallest absolute Gasteiger partial charge is 0.120 e. The molecule has 1 N–H and O–H groups in total. The largest absolute Gasteiger partial charge is 0.497 e. The molecule has 0 aliphatic carbocycles. The second-order valence-corrected chi connectivity index (χ2v) is 5.02. The molecule has 2 aromatic carbocycles. The Morgan fingerprint density at radius 3 is 2.76 bits per heavy atom. The van der Waals surface area contributed by atoms with Crippen molar-refractivity contribution < 1.29 is 9.47 Å². The Bertz CT molecular complexity index is 746. The van der Waals surface area contributed by atoms with E-state index in [1.165, 1.54) is 10.9 Å². The van der Waals surface area contributed by atoms with Gasteiger partial charge in [0, 0.05) is 17.1 Å². The molecule has 108 valence electrons. The Morgan fingerprint density at radius 1 is 1.05 bits per heavy atom. The summed E-state index contributed by atoms with van der Waals surface area (Å²) < 4.78 is 11.1. The van der Waals surface area contributed by atoms with E-state index in [9.17, 15) is 0 Å². The summed E-state index contributed by atoms with van der Waals surface area (Å²) in [5.41, 5.74) is 3.57. The zero-order chi connectivity index (χ0) is 14.7. The summed E-state index contributed by atoms with van der Waals surface area (Å²) >= 11 is 0. The first kappa shape index (κ1) is 13.6. The van der Waals surface area contributed by atoms with Crippen molar-refractivity contribution in [2.24, 2.45) is 0 Å². The zero-order valence-electron chi connectivity index (χ0n) is 12.3. The van der Waals surface area contributed by atoms with Gasteiger partial charge < -0.3 is 14.5 Å². The van der Waals surface area contributed by atoms with Gasteiger partial charge in [-0.05, 0) is 47.9 Å². The third-order valence-electron chi connectivity index (χ3n) is 3.66. The number of benzene rings is 2. The maximum Gasteiger partial charge on any atom is 0.120 e. The van der Waals surface area contributed by atoms with Crippen molar-refractivity contribution in [2.45, 2.75) is 20.0 Å². The fourth-order valence-corrected chi connectivity index (χ4v) is 2.47. The second-order valence-electron chi connectivity index (χ2n) is 5.02. The molecule has 0 aliphatic rings. The lowest BCUT2D eigenvalue weighted by atomic mass is 10.1. The molecule has 0 bridgehead atoms. The lowest BCUT2D eigenvalue weighted by Gasteiger charge is -2.08. The Labute approximate surface area is 124 Å². The average Bonchev–Trinajstić information content (AvgIpc) is 2.95. The van der Waals surface area contributed by atoms with Gasteiger partial charge in [0.25, 0.3) is 0 Å². The molecule has 1 aromatic heterocycles. The number of hydrogen-bond donors (Lipinski definition) is 1. The van der Waals surface area contributed by atoms with Gasteiger partial charge in [-0.25, -0.2) is 0 Å². The minimum Gasteiger partial charge on any atom is -0.497 e. The van der Waals surface area contributed by atoms with Crippen molar-refractivity contribution in [1.82, 2.24) is 4.98 Å². The summed E-state index contributed by atoms with van der Waals surface area (Å²) in [4.78, 5) is 3.28. The molecule has 3 rings (SSSR count). The van der Waals surface area contributed by atoms with Gasteiger partial charge in [-0.3, -0.25) is 0 Å². The molecule has 0 spiro atoms. The number of hydrogen-bond acceptors (Lipinski definition) is 2. The highest BCUT2D eigenvalue weighted by atomic mass is 16.5. The normalized spacial score (nSPS) is 10.8. The molecular weight excluding hydrogens is 262 g/mol. The summed E-state index contributed by atoms with van der Waals surface area (Å²) in [7, 11) is 1.67. The molecule has 3 heteroatoms. The van der Waals surface area contributed by atoms with Crippen LogP contribution in [0, 0.1) is 0 Å². The number of fused-ring (bicyclic) bond motifs is 1. The van der Waals surface area contributed by atoms with E-state index in [0.717, 1.165) is 29.0 Å². The minimum atomic E-state index is 0.536. The van der Waals surface area contributed by atoms with Gasteiger partial charge in [-0.15, -0.1) is 0 Å². The van der Waals surface area contributed by atoms with Crippen LogP contribution in [0.15, 0.2) is 48.7 Å². The molecule has 3 nitrogen and oxygen atoms in total. The number of aromatic nitrogens is 1. The number of aryl methyl sites for hydroxylation is 1. The number of rotatable bonds is 5. The molecular formula is C18H19NO2. The molecule has 0 fully saturated rings. The van der Waals surface area contributed by atoms with Crippen molar-refractivity contribution in [3.05, 3.63) is 59.8 Å². The van der Waals surface area contributed by atoms with Crippen LogP contribution in [-0.2, 0) is 13.0 Å². The first-order chi connectivity index (χ1) is 10.3. The van der Waals surface area contributed by atoms with Gasteiger partial charge in [-0.2, -0.15) is 0 Å². The van der Waals surface area contributed by atoms with E-state index >= 15 is 0 Å². The van der Waals surface area contributed by atoms with Crippen molar-refractivity contribution in [3.63, 3.8) is 0 Å². The van der Waals surface area contributed by atoms with Crippen LogP contribution in [0.3, 0.4) is 0 Å². The molecule has 0 saturated heterocycles. The average molecular weight is 281 g/mol. The van der Waals surface area contributed by atoms with E-state index < -0.39 is 0 Å².